The molecule has 0 aliphatic rings. The van der Waals surface area contributed by atoms with E-state index in [-0.39, 0.29) is 0 Å². The molecule has 0 aliphatic heterocycles. The highest BCUT2D eigenvalue weighted by atomic mass is 79.9. The van der Waals surface area contributed by atoms with Gasteiger partial charge in [-0.05, 0) is 42.2 Å². The summed E-state index contributed by atoms with van der Waals surface area (Å²) in [7, 11) is 0. The zero-order valence-electron chi connectivity index (χ0n) is 10.8. The van der Waals surface area contributed by atoms with Crippen LogP contribution in [0.25, 0.3) is 0 Å². The van der Waals surface area contributed by atoms with Crippen LogP contribution in [0.3, 0.4) is 0 Å². The zero-order chi connectivity index (χ0) is 13.5. The van der Waals surface area contributed by atoms with Gasteiger partial charge in [-0.15, -0.1) is 0 Å². The predicted octanol–water partition coefficient (Wildman–Crippen LogP) is 3.92. The molecular formula is C16H18BrNO. The largest absolute Gasteiger partial charge is 0.494 e. The Morgan fingerprint density at radius 1 is 1.05 bits per heavy atom. The maximum Gasteiger partial charge on any atom is 0.119 e. The van der Waals surface area contributed by atoms with Gasteiger partial charge in [0.25, 0.3) is 0 Å². The van der Waals surface area contributed by atoms with Gasteiger partial charge in [0.2, 0.25) is 0 Å². The van der Waals surface area contributed by atoms with Crippen LogP contribution in [0, 0.1) is 0 Å². The van der Waals surface area contributed by atoms with Crippen molar-refractivity contribution in [3.05, 3.63) is 64.1 Å². The zero-order valence-corrected chi connectivity index (χ0v) is 12.4. The molecule has 100 valence electrons. The van der Waals surface area contributed by atoms with E-state index < -0.39 is 0 Å². The summed E-state index contributed by atoms with van der Waals surface area (Å²) in [5, 5.41) is 0. The summed E-state index contributed by atoms with van der Waals surface area (Å²) in [6.45, 7) is 1.24. The number of nitrogens with two attached hydrogens (primary N) is 1. The van der Waals surface area contributed by atoms with E-state index in [1.165, 1.54) is 5.56 Å². The Hall–Kier alpha value is -1.32. The fraction of sp³-hybridized carbons (Fsp3) is 0.250. The molecule has 0 fully saturated rings. The van der Waals surface area contributed by atoms with Crippen LogP contribution in [-0.2, 0) is 13.0 Å². The van der Waals surface area contributed by atoms with E-state index in [1.807, 2.05) is 24.3 Å². The van der Waals surface area contributed by atoms with Crippen LogP contribution in [0.15, 0.2) is 53.0 Å². The molecule has 0 bridgehead atoms. The van der Waals surface area contributed by atoms with Crippen LogP contribution in [0.4, 0.5) is 0 Å². The Morgan fingerprint density at radius 2 is 1.84 bits per heavy atom. The average Bonchev–Trinajstić information content (AvgIpc) is 2.46. The molecule has 0 aromatic heterocycles. The second-order valence-corrected chi connectivity index (χ2v) is 5.25. The van der Waals surface area contributed by atoms with E-state index in [9.17, 15) is 0 Å². The Morgan fingerprint density at radius 3 is 2.58 bits per heavy atom. The first-order valence-corrected chi connectivity index (χ1v) is 7.24. The number of rotatable bonds is 6. The summed E-state index contributed by atoms with van der Waals surface area (Å²) in [5.74, 6) is 0.886. The third kappa shape index (κ3) is 4.37. The van der Waals surface area contributed by atoms with Crippen molar-refractivity contribution in [2.45, 2.75) is 19.4 Å². The summed E-state index contributed by atoms with van der Waals surface area (Å²) in [5.41, 5.74) is 8.09. The summed E-state index contributed by atoms with van der Waals surface area (Å²) in [6, 6.07) is 16.4. The topological polar surface area (TPSA) is 35.2 Å². The number of aryl methyl sites for hydroxylation is 1. The molecule has 3 heteroatoms. The molecule has 0 saturated carbocycles. The third-order valence-corrected chi connectivity index (χ3v) is 3.73. The predicted molar refractivity (Wildman–Crippen MR) is 82.3 cm³/mol. The Labute approximate surface area is 122 Å². The number of benzene rings is 2. The lowest BCUT2D eigenvalue weighted by molar-refractivity contribution is 0.310. The van der Waals surface area contributed by atoms with Crippen molar-refractivity contribution in [1.82, 2.24) is 0 Å². The molecule has 0 atom stereocenters. The summed E-state index contributed by atoms with van der Waals surface area (Å²) < 4.78 is 6.78. The van der Waals surface area contributed by atoms with Crippen molar-refractivity contribution < 1.29 is 4.74 Å². The first-order valence-electron chi connectivity index (χ1n) is 6.45. The molecule has 0 saturated heterocycles. The van der Waals surface area contributed by atoms with Crippen LogP contribution in [0.2, 0.25) is 0 Å². The molecule has 0 unspecified atom stereocenters. The second kappa shape index (κ2) is 7.31. The lowest BCUT2D eigenvalue weighted by atomic mass is 10.1. The van der Waals surface area contributed by atoms with Gasteiger partial charge in [-0.3, -0.25) is 0 Å². The first kappa shape index (κ1) is 14.1. The molecule has 2 rings (SSSR count). The van der Waals surface area contributed by atoms with E-state index >= 15 is 0 Å². The van der Waals surface area contributed by atoms with Crippen LogP contribution in [0.1, 0.15) is 17.5 Å². The van der Waals surface area contributed by atoms with Gasteiger partial charge in [0, 0.05) is 11.0 Å². The molecular weight excluding hydrogens is 302 g/mol. The minimum absolute atomic E-state index is 0.516. The van der Waals surface area contributed by atoms with Crippen LogP contribution >= 0.6 is 15.9 Å². The van der Waals surface area contributed by atoms with Crippen molar-refractivity contribution in [1.29, 1.82) is 0 Å². The summed E-state index contributed by atoms with van der Waals surface area (Å²) >= 11 is 3.47. The molecule has 0 amide bonds. The molecule has 2 N–H and O–H groups in total. The fourth-order valence-electron chi connectivity index (χ4n) is 1.91. The highest BCUT2D eigenvalue weighted by Crippen LogP contribution is 2.22. The average molecular weight is 320 g/mol. The summed E-state index contributed by atoms with van der Waals surface area (Å²) in [4.78, 5) is 0. The lowest BCUT2D eigenvalue weighted by Crippen LogP contribution is -2.02. The Kier molecular flexibility index (Phi) is 5.43. The SMILES string of the molecule is NCc1cc(OCCCc2ccccc2)ccc1Br. The van der Waals surface area contributed by atoms with Gasteiger partial charge < -0.3 is 10.5 Å². The Bertz CT molecular complexity index is 513. The molecule has 19 heavy (non-hydrogen) atoms. The van der Waals surface area contributed by atoms with Crippen molar-refractivity contribution in [2.75, 3.05) is 6.61 Å². The molecule has 0 radical (unpaired) electrons. The monoisotopic (exact) mass is 319 g/mol. The standard InChI is InChI=1S/C16H18BrNO/c17-16-9-8-15(11-14(16)12-18)19-10-4-7-13-5-2-1-3-6-13/h1-3,5-6,8-9,11H,4,7,10,12,18H2. The number of hydrogen-bond acceptors (Lipinski definition) is 2. The lowest BCUT2D eigenvalue weighted by Gasteiger charge is -2.09. The van der Waals surface area contributed by atoms with Gasteiger partial charge in [0.15, 0.2) is 0 Å². The second-order valence-electron chi connectivity index (χ2n) is 4.39. The molecule has 0 aliphatic carbocycles. The molecule has 0 heterocycles. The Balaban J connectivity index is 1.80. The van der Waals surface area contributed by atoms with Crippen molar-refractivity contribution in [3.63, 3.8) is 0 Å². The van der Waals surface area contributed by atoms with Gasteiger partial charge in [-0.25, -0.2) is 0 Å². The molecule has 2 nitrogen and oxygen atoms in total. The van der Waals surface area contributed by atoms with E-state index in [4.69, 9.17) is 10.5 Å². The van der Waals surface area contributed by atoms with E-state index in [0.29, 0.717) is 6.54 Å². The minimum atomic E-state index is 0.516. The van der Waals surface area contributed by atoms with Crippen molar-refractivity contribution in [3.8, 4) is 5.75 Å². The van der Waals surface area contributed by atoms with Gasteiger partial charge in [0.1, 0.15) is 5.75 Å². The van der Waals surface area contributed by atoms with E-state index in [0.717, 1.165) is 35.2 Å². The van der Waals surface area contributed by atoms with E-state index in [2.05, 4.69) is 40.2 Å². The van der Waals surface area contributed by atoms with Gasteiger partial charge in [-0.2, -0.15) is 0 Å². The van der Waals surface area contributed by atoms with Crippen molar-refractivity contribution in [2.24, 2.45) is 5.73 Å². The minimum Gasteiger partial charge on any atom is -0.494 e. The number of hydrogen-bond donors (Lipinski definition) is 1. The highest BCUT2D eigenvalue weighted by Gasteiger charge is 2.01. The maximum atomic E-state index is 5.75. The van der Waals surface area contributed by atoms with Crippen LogP contribution in [0.5, 0.6) is 5.75 Å². The van der Waals surface area contributed by atoms with Crippen molar-refractivity contribution >= 4 is 15.9 Å². The maximum absolute atomic E-state index is 5.75. The van der Waals surface area contributed by atoms with Gasteiger partial charge in [0.05, 0.1) is 6.61 Å². The molecule has 0 spiro atoms. The van der Waals surface area contributed by atoms with Crippen LogP contribution in [-0.4, -0.2) is 6.61 Å². The number of halogens is 1. The van der Waals surface area contributed by atoms with Crippen LogP contribution < -0.4 is 10.5 Å². The normalized spacial score (nSPS) is 10.4. The molecule has 2 aromatic carbocycles. The first-order chi connectivity index (χ1) is 9.29. The summed E-state index contributed by atoms with van der Waals surface area (Å²) in [6.07, 6.45) is 2.05. The molecule has 2 aromatic rings. The smallest absolute Gasteiger partial charge is 0.119 e. The quantitative estimate of drug-likeness (QED) is 0.819. The van der Waals surface area contributed by atoms with Gasteiger partial charge in [-0.1, -0.05) is 46.3 Å². The van der Waals surface area contributed by atoms with Gasteiger partial charge >= 0.3 is 0 Å². The third-order valence-electron chi connectivity index (χ3n) is 2.96. The highest BCUT2D eigenvalue weighted by molar-refractivity contribution is 9.10. The fourth-order valence-corrected chi connectivity index (χ4v) is 2.32. The number of ether oxygens (including phenoxy) is 1. The van der Waals surface area contributed by atoms with E-state index in [1.54, 1.807) is 0 Å².